The van der Waals surface area contributed by atoms with Crippen LogP contribution in [-0.4, -0.2) is 85.6 Å². The zero-order valence-electron chi connectivity index (χ0n) is 30.7. The normalized spacial score (nSPS) is 25.2. The average molecular weight is 735 g/mol. The van der Waals surface area contributed by atoms with Crippen LogP contribution in [0, 0.1) is 17.8 Å². The molecule has 3 aliphatic rings. The van der Waals surface area contributed by atoms with Crippen molar-refractivity contribution in [2.24, 2.45) is 22.9 Å². The van der Waals surface area contributed by atoms with Gasteiger partial charge in [-0.2, -0.15) is 0 Å². The third kappa shape index (κ3) is 8.54. The molecule has 0 unspecified atom stereocenters. The number of ether oxygens (including phenoxy) is 4. The van der Waals surface area contributed by atoms with Gasteiger partial charge in [0.2, 0.25) is 5.79 Å². The number of rotatable bonds is 19. The Morgan fingerprint density at radius 3 is 2.46 bits per heavy atom. The second-order valence-electron chi connectivity index (χ2n) is 13.5. The van der Waals surface area contributed by atoms with Gasteiger partial charge in [-0.05, 0) is 98.2 Å². The number of hydrogen-bond donors (Lipinski definition) is 2. The van der Waals surface area contributed by atoms with Gasteiger partial charge in [0, 0.05) is 43.1 Å². The van der Waals surface area contributed by atoms with Crippen LogP contribution in [0.1, 0.15) is 62.8 Å². The minimum Gasteiger partial charge on any atom is -0.459 e. The molecule has 0 spiro atoms. The summed E-state index contributed by atoms with van der Waals surface area (Å²) in [4.78, 5) is 21.8. The first kappa shape index (κ1) is 39.4. The van der Waals surface area contributed by atoms with Crippen molar-refractivity contribution in [2.45, 2.75) is 74.0 Å². The SMILES string of the molecule is C=CCCOC(=O)N(C)[C@H]1CC(=NOC)C2=C[C@H](CCCCO)[C@@H](CCCCO)[C@@H]3c4cc(Oc5ccc(SC)cc5)ccc4O[C@@]1(OCC=C)[C@H]23. The number of fused-ring (bicyclic) bond motifs is 2. The Morgan fingerprint density at radius 1 is 1.06 bits per heavy atom. The van der Waals surface area contributed by atoms with E-state index in [1.165, 1.54) is 7.11 Å². The molecule has 0 saturated heterocycles. The van der Waals surface area contributed by atoms with E-state index in [4.69, 9.17) is 23.8 Å². The lowest BCUT2D eigenvalue weighted by molar-refractivity contribution is -0.253. The summed E-state index contributed by atoms with van der Waals surface area (Å²) in [5.41, 5.74) is 2.68. The van der Waals surface area contributed by atoms with Gasteiger partial charge in [0.15, 0.2) is 0 Å². The van der Waals surface area contributed by atoms with E-state index in [9.17, 15) is 15.0 Å². The van der Waals surface area contributed by atoms with E-state index in [0.29, 0.717) is 37.2 Å². The highest BCUT2D eigenvalue weighted by Crippen LogP contribution is 2.62. The minimum atomic E-state index is -1.34. The maximum atomic E-state index is 13.7. The van der Waals surface area contributed by atoms with Gasteiger partial charge < -0.3 is 38.9 Å². The summed E-state index contributed by atoms with van der Waals surface area (Å²) in [7, 11) is 3.25. The molecule has 1 amide bonds. The lowest BCUT2D eigenvalue weighted by atomic mass is 9.55. The first-order chi connectivity index (χ1) is 25.3. The van der Waals surface area contributed by atoms with E-state index in [2.05, 4.69) is 30.5 Å². The van der Waals surface area contributed by atoms with Crippen molar-refractivity contribution < 1.29 is 38.8 Å². The van der Waals surface area contributed by atoms with E-state index < -0.39 is 23.8 Å². The van der Waals surface area contributed by atoms with Gasteiger partial charge in [-0.15, -0.1) is 24.9 Å². The van der Waals surface area contributed by atoms with Crippen LogP contribution in [0.5, 0.6) is 17.2 Å². The lowest BCUT2D eigenvalue weighted by Gasteiger charge is -2.59. The number of thioether (sulfide) groups is 1. The van der Waals surface area contributed by atoms with Crippen molar-refractivity contribution in [3.8, 4) is 17.2 Å². The molecular formula is C41H54N2O8S. The van der Waals surface area contributed by atoms with Gasteiger partial charge in [0.25, 0.3) is 0 Å². The average Bonchev–Trinajstić information content (AvgIpc) is 3.16. The molecule has 52 heavy (non-hydrogen) atoms. The Hall–Kier alpha value is -3.77. The largest absolute Gasteiger partial charge is 0.459 e. The summed E-state index contributed by atoms with van der Waals surface area (Å²) in [6.45, 7) is 8.33. The second-order valence-corrected chi connectivity index (χ2v) is 14.4. The monoisotopic (exact) mass is 734 g/mol. The Labute approximate surface area is 312 Å². The number of nitrogens with zero attached hydrogens (tertiary/aromatic N) is 2. The van der Waals surface area contributed by atoms with Crippen molar-refractivity contribution in [2.75, 3.05) is 46.8 Å². The van der Waals surface area contributed by atoms with Crippen LogP contribution in [0.25, 0.3) is 0 Å². The predicted molar refractivity (Wildman–Crippen MR) is 204 cm³/mol. The molecule has 1 saturated carbocycles. The zero-order valence-corrected chi connectivity index (χ0v) is 31.5. The predicted octanol–water partition coefficient (Wildman–Crippen LogP) is 8.11. The fourth-order valence-corrected chi connectivity index (χ4v) is 8.55. The molecule has 0 radical (unpaired) electrons. The summed E-state index contributed by atoms with van der Waals surface area (Å²) in [5.74, 6) is 0.421. The fourth-order valence-electron chi connectivity index (χ4n) is 8.14. The molecule has 0 bridgehead atoms. The molecule has 1 heterocycles. The highest BCUT2D eigenvalue weighted by molar-refractivity contribution is 7.98. The van der Waals surface area contributed by atoms with Crippen molar-refractivity contribution >= 4 is 23.6 Å². The van der Waals surface area contributed by atoms with Crippen LogP contribution in [0.3, 0.4) is 0 Å². The van der Waals surface area contributed by atoms with Gasteiger partial charge in [-0.3, -0.25) is 0 Å². The summed E-state index contributed by atoms with van der Waals surface area (Å²) < 4.78 is 26.1. The third-order valence-corrected chi connectivity index (χ3v) is 11.2. The van der Waals surface area contributed by atoms with Crippen LogP contribution < -0.4 is 9.47 Å². The highest BCUT2D eigenvalue weighted by atomic mass is 32.2. The van der Waals surface area contributed by atoms with E-state index in [-0.39, 0.29) is 44.2 Å². The van der Waals surface area contributed by atoms with Gasteiger partial charge >= 0.3 is 6.09 Å². The molecule has 10 nitrogen and oxygen atoms in total. The molecule has 2 N–H and O–H groups in total. The first-order valence-corrected chi connectivity index (χ1v) is 19.5. The summed E-state index contributed by atoms with van der Waals surface area (Å²) >= 11 is 1.68. The van der Waals surface area contributed by atoms with Crippen molar-refractivity contribution in [1.82, 2.24) is 4.90 Å². The Bertz CT molecular complexity index is 1580. The van der Waals surface area contributed by atoms with Gasteiger partial charge in [-0.25, -0.2) is 4.79 Å². The molecule has 282 valence electrons. The summed E-state index contributed by atoms with van der Waals surface area (Å²) in [6.07, 6.45) is 12.9. The second kappa shape index (κ2) is 18.8. The molecule has 1 aliphatic heterocycles. The maximum Gasteiger partial charge on any atom is 0.409 e. The number of allylic oxidation sites excluding steroid dienone is 1. The number of benzene rings is 2. The smallest absolute Gasteiger partial charge is 0.409 e. The highest BCUT2D eigenvalue weighted by Gasteiger charge is 2.65. The fraction of sp³-hybridized carbons (Fsp3) is 0.512. The van der Waals surface area contributed by atoms with Crippen LogP contribution >= 0.6 is 11.8 Å². The van der Waals surface area contributed by atoms with Crippen molar-refractivity contribution in [3.63, 3.8) is 0 Å². The quantitative estimate of drug-likeness (QED) is 0.0639. The van der Waals surface area contributed by atoms with Crippen molar-refractivity contribution in [3.05, 3.63) is 85.0 Å². The number of aliphatic hydroxyl groups is 2. The number of hydrogen-bond acceptors (Lipinski definition) is 10. The molecule has 6 atom stereocenters. The number of unbranched alkanes of at least 4 members (excludes halogenated alkanes) is 2. The minimum absolute atomic E-state index is 0.108. The number of oxime groups is 1. The van der Waals surface area contributed by atoms with E-state index in [1.54, 1.807) is 35.9 Å². The molecule has 0 aromatic heterocycles. The Kier molecular flexibility index (Phi) is 14.3. The summed E-state index contributed by atoms with van der Waals surface area (Å²) in [5, 5.41) is 24.1. The molecule has 5 rings (SSSR count). The van der Waals surface area contributed by atoms with Crippen LogP contribution in [-0.2, 0) is 14.3 Å². The van der Waals surface area contributed by atoms with Crippen LogP contribution in [0.4, 0.5) is 4.79 Å². The van der Waals surface area contributed by atoms with Crippen LogP contribution in [0.15, 0.2) is 89.5 Å². The maximum absolute atomic E-state index is 13.7. The topological polar surface area (TPSA) is 119 Å². The van der Waals surface area contributed by atoms with Gasteiger partial charge in [0.05, 0.1) is 24.8 Å². The standard InChI is InChI=1S/C41H54N2O8S/c1-6-8-24-48-40(46)43(3)37-27-35(42-47-4)33-25-28(13-9-11-21-44)32(14-10-12-22-45)38-34-26-30(50-29-15-18-31(52-5)19-16-29)17-20-36(34)51-41(37,39(33)38)49-23-7-2/h6-7,15-20,25-26,28,32,37-39,44-45H,1-2,8-14,21-24,27H2,3-5H3/t28-,32+,37-,38+,39+,41+/m0/s1. The molecule has 2 aromatic carbocycles. The van der Waals surface area contributed by atoms with Gasteiger partial charge in [-0.1, -0.05) is 36.2 Å². The molecule has 2 aliphatic carbocycles. The summed E-state index contributed by atoms with van der Waals surface area (Å²) in [6, 6.07) is 13.3. The Balaban J connectivity index is 1.71. The van der Waals surface area contributed by atoms with Crippen LogP contribution in [0.2, 0.25) is 0 Å². The molecule has 1 fully saturated rings. The first-order valence-electron chi connectivity index (χ1n) is 18.3. The Morgan fingerprint density at radius 2 is 1.79 bits per heavy atom. The molecular weight excluding hydrogens is 681 g/mol. The van der Waals surface area contributed by atoms with Gasteiger partial charge in [0.1, 0.15) is 30.4 Å². The number of likely N-dealkylation sites (N-methyl/N-ethyl adjacent to an activating group) is 1. The molecule has 2 aromatic rings. The number of carbonyl (C=O) groups is 1. The molecule has 11 heteroatoms. The van der Waals surface area contributed by atoms with E-state index >= 15 is 0 Å². The number of aliphatic hydroxyl groups excluding tert-OH is 2. The van der Waals surface area contributed by atoms with Crippen molar-refractivity contribution in [1.29, 1.82) is 0 Å². The van der Waals surface area contributed by atoms with E-state index in [1.807, 2.05) is 42.7 Å². The third-order valence-electron chi connectivity index (χ3n) is 10.4. The number of amides is 1. The number of carbonyl (C=O) groups excluding carboxylic acids is 1. The lowest BCUT2D eigenvalue weighted by Crippen LogP contribution is -2.69. The zero-order chi connectivity index (χ0) is 37.1. The van der Waals surface area contributed by atoms with E-state index in [0.717, 1.165) is 53.2 Å².